The molecule has 0 saturated heterocycles. The van der Waals surface area contributed by atoms with Gasteiger partial charge in [0, 0.05) is 29.6 Å². The van der Waals surface area contributed by atoms with E-state index in [9.17, 15) is 9.59 Å². The molecule has 136 valence electrons. The van der Waals surface area contributed by atoms with Crippen molar-refractivity contribution in [1.82, 2.24) is 19.5 Å². The molecule has 0 saturated carbocycles. The van der Waals surface area contributed by atoms with Gasteiger partial charge in [-0.1, -0.05) is 50.6 Å². The lowest BCUT2D eigenvalue weighted by Crippen LogP contribution is -2.25. The van der Waals surface area contributed by atoms with Crippen molar-refractivity contribution in [2.45, 2.75) is 45.6 Å². The first-order chi connectivity index (χ1) is 12.6. The third-order valence-electron chi connectivity index (χ3n) is 4.63. The molecular weight excluding hydrogens is 328 g/mol. The molecule has 0 bridgehead atoms. The van der Waals surface area contributed by atoms with Crippen molar-refractivity contribution in [2.75, 3.05) is 0 Å². The second kappa shape index (κ2) is 7.99. The molecule has 26 heavy (non-hydrogen) atoms. The van der Waals surface area contributed by atoms with E-state index in [2.05, 4.69) is 45.5 Å². The molecule has 0 spiro atoms. The summed E-state index contributed by atoms with van der Waals surface area (Å²) in [4.78, 5) is 32.5. The van der Waals surface area contributed by atoms with E-state index in [-0.39, 0.29) is 5.56 Å². The standard InChI is InChI=1S/C20H24N4O2/c1-3-7-14(2)18-17(15-8-5-4-6-9-15)22-13-24(18)11-10-16-12-21-20(26)23-19(16)25/h4-6,8-9,12-14H,3,7,10-11H2,1-2H3,(H2,21,23,25,26)/t14-/m0/s1. The Kier molecular flexibility index (Phi) is 5.51. The van der Waals surface area contributed by atoms with E-state index < -0.39 is 5.69 Å². The smallest absolute Gasteiger partial charge is 0.325 e. The number of imidazole rings is 1. The van der Waals surface area contributed by atoms with E-state index in [1.54, 1.807) is 0 Å². The molecule has 0 amide bonds. The summed E-state index contributed by atoms with van der Waals surface area (Å²) in [6, 6.07) is 10.2. The summed E-state index contributed by atoms with van der Waals surface area (Å²) in [5.41, 5.74) is 3.05. The Labute approximate surface area is 152 Å². The number of hydrogen-bond acceptors (Lipinski definition) is 3. The molecule has 3 aromatic rings. The van der Waals surface area contributed by atoms with Gasteiger partial charge in [0.05, 0.1) is 12.0 Å². The van der Waals surface area contributed by atoms with Crippen LogP contribution < -0.4 is 11.2 Å². The van der Waals surface area contributed by atoms with Crippen LogP contribution in [0.25, 0.3) is 11.3 Å². The predicted molar refractivity (Wildman–Crippen MR) is 102 cm³/mol. The second-order valence-electron chi connectivity index (χ2n) is 6.57. The molecular formula is C20H24N4O2. The van der Waals surface area contributed by atoms with E-state index in [0.29, 0.717) is 24.4 Å². The van der Waals surface area contributed by atoms with Gasteiger partial charge in [-0.2, -0.15) is 0 Å². The van der Waals surface area contributed by atoms with E-state index >= 15 is 0 Å². The summed E-state index contributed by atoms with van der Waals surface area (Å²) >= 11 is 0. The van der Waals surface area contributed by atoms with Crippen LogP contribution in [-0.2, 0) is 13.0 Å². The van der Waals surface area contributed by atoms with Gasteiger partial charge < -0.3 is 9.55 Å². The zero-order valence-corrected chi connectivity index (χ0v) is 15.2. The lowest BCUT2D eigenvalue weighted by molar-refractivity contribution is 0.580. The van der Waals surface area contributed by atoms with Gasteiger partial charge in [0.15, 0.2) is 0 Å². The van der Waals surface area contributed by atoms with Gasteiger partial charge in [0.25, 0.3) is 5.56 Å². The predicted octanol–water partition coefficient (Wildman–Crippen LogP) is 3.07. The van der Waals surface area contributed by atoms with Crippen LogP contribution in [-0.4, -0.2) is 19.5 Å². The van der Waals surface area contributed by atoms with Gasteiger partial charge in [-0.15, -0.1) is 0 Å². The molecule has 3 rings (SSSR count). The maximum atomic E-state index is 11.9. The zero-order chi connectivity index (χ0) is 18.5. The summed E-state index contributed by atoms with van der Waals surface area (Å²) in [6.45, 7) is 5.04. The Morgan fingerprint density at radius 3 is 2.65 bits per heavy atom. The average molecular weight is 352 g/mol. The minimum atomic E-state index is -0.481. The number of aromatic amines is 2. The van der Waals surface area contributed by atoms with Crippen molar-refractivity contribution in [2.24, 2.45) is 0 Å². The zero-order valence-electron chi connectivity index (χ0n) is 15.2. The van der Waals surface area contributed by atoms with Crippen LogP contribution in [0.15, 0.2) is 52.4 Å². The Morgan fingerprint density at radius 2 is 1.96 bits per heavy atom. The van der Waals surface area contributed by atoms with Crippen molar-refractivity contribution in [3.8, 4) is 11.3 Å². The number of aryl methyl sites for hydroxylation is 2. The van der Waals surface area contributed by atoms with Crippen molar-refractivity contribution >= 4 is 0 Å². The van der Waals surface area contributed by atoms with Crippen LogP contribution in [0.1, 0.15) is 43.9 Å². The van der Waals surface area contributed by atoms with E-state index in [0.717, 1.165) is 24.1 Å². The fraction of sp³-hybridized carbons (Fsp3) is 0.350. The molecule has 6 nitrogen and oxygen atoms in total. The number of rotatable bonds is 7. The van der Waals surface area contributed by atoms with Gasteiger partial charge in [-0.3, -0.25) is 9.78 Å². The van der Waals surface area contributed by atoms with Crippen LogP contribution in [0.4, 0.5) is 0 Å². The maximum Gasteiger partial charge on any atom is 0.325 e. The summed E-state index contributed by atoms with van der Waals surface area (Å²) in [6.07, 6.45) is 6.04. The summed E-state index contributed by atoms with van der Waals surface area (Å²) in [5, 5.41) is 0. The second-order valence-corrected chi connectivity index (χ2v) is 6.57. The van der Waals surface area contributed by atoms with Crippen LogP contribution in [0.5, 0.6) is 0 Å². The molecule has 0 radical (unpaired) electrons. The Morgan fingerprint density at radius 1 is 1.19 bits per heavy atom. The fourth-order valence-corrected chi connectivity index (χ4v) is 3.34. The first-order valence-corrected chi connectivity index (χ1v) is 9.01. The van der Waals surface area contributed by atoms with Gasteiger partial charge in [0.2, 0.25) is 0 Å². The normalized spacial score (nSPS) is 12.2. The average Bonchev–Trinajstić information content (AvgIpc) is 3.06. The van der Waals surface area contributed by atoms with Crippen LogP contribution in [0.3, 0.4) is 0 Å². The SMILES string of the molecule is CCC[C@H](C)c1c(-c2ccccc2)ncn1CCc1c[nH]c(=O)[nH]c1=O. The Hall–Kier alpha value is -2.89. The molecule has 0 unspecified atom stereocenters. The summed E-state index contributed by atoms with van der Waals surface area (Å²) < 4.78 is 2.13. The van der Waals surface area contributed by atoms with Gasteiger partial charge in [-0.05, 0) is 18.8 Å². The van der Waals surface area contributed by atoms with Crippen LogP contribution in [0.2, 0.25) is 0 Å². The van der Waals surface area contributed by atoms with Crippen molar-refractivity contribution < 1.29 is 0 Å². The van der Waals surface area contributed by atoms with Crippen molar-refractivity contribution in [3.05, 3.63) is 75.0 Å². The van der Waals surface area contributed by atoms with Crippen LogP contribution >= 0.6 is 0 Å². The van der Waals surface area contributed by atoms with Gasteiger partial charge in [0.1, 0.15) is 0 Å². The molecule has 0 aliphatic heterocycles. The molecule has 0 fully saturated rings. The van der Waals surface area contributed by atoms with E-state index in [1.165, 1.54) is 11.9 Å². The Balaban J connectivity index is 1.92. The molecule has 1 aromatic carbocycles. The highest BCUT2D eigenvalue weighted by molar-refractivity contribution is 5.62. The summed E-state index contributed by atoms with van der Waals surface area (Å²) in [5.74, 6) is 0.367. The first kappa shape index (κ1) is 17.9. The molecule has 6 heteroatoms. The molecule has 0 aliphatic carbocycles. The third kappa shape index (κ3) is 3.85. The molecule has 2 N–H and O–H groups in total. The third-order valence-corrected chi connectivity index (χ3v) is 4.63. The minimum Gasteiger partial charge on any atom is -0.333 e. The summed E-state index contributed by atoms with van der Waals surface area (Å²) in [7, 11) is 0. The Bertz CT molecular complexity index is 969. The number of nitrogens with one attached hydrogen (secondary N) is 2. The first-order valence-electron chi connectivity index (χ1n) is 9.01. The van der Waals surface area contributed by atoms with Crippen LogP contribution in [0, 0.1) is 0 Å². The van der Waals surface area contributed by atoms with Gasteiger partial charge >= 0.3 is 5.69 Å². The highest BCUT2D eigenvalue weighted by atomic mass is 16.2. The van der Waals surface area contributed by atoms with Crippen molar-refractivity contribution in [1.29, 1.82) is 0 Å². The number of benzene rings is 1. The largest absolute Gasteiger partial charge is 0.333 e. The maximum absolute atomic E-state index is 11.9. The quantitative estimate of drug-likeness (QED) is 0.685. The minimum absolute atomic E-state index is 0.333. The van der Waals surface area contributed by atoms with E-state index in [1.807, 2.05) is 24.5 Å². The molecule has 0 aliphatic rings. The number of hydrogen-bond donors (Lipinski definition) is 2. The highest BCUT2D eigenvalue weighted by Crippen LogP contribution is 2.30. The molecule has 1 atom stereocenters. The topological polar surface area (TPSA) is 83.5 Å². The lowest BCUT2D eigenvalue weighted by Gasteiger charge is -2.16. The number of aromatic nitrogens is 4. The fourth-order valence-electron chi connectivity index (χ4n) is 3.34. The van der Waals surface area contributed by atoms with Crippen molar-refractivity contribution in [3.63, 3.8) is 0 Å². The molecule has 2 heterocycles. The number of H-pyrrole nitrogens is 2. The molecule has 2 aromatic heterocycles. The number of nitrogens with zero attached hydrogens (tertiary/aromatic N) is 2. The monoisotopic (exact) mass is 352 g/mol. The lowest BCUT2D eigenvalue weighted by atomic mass is 9.97. The van der Waals surface area contributed by atoms with E-state index in [4.69, 9.17) is 0 Å². The van der Waals surface area contributed by atoms with Gasteiger partial charge in [-0.25, -0.2) is 9.78 Å². The highest BCUT2D eigenvalue weighted by Gasteiger charge is 2.18.